The molecule has 0 unspecified atom stereocenters. The molecule has 1 aromatic rings. The normalized spacial score (nSPS) is 9.79. The summed E-state index contributed by atoms with van der Waals surface area (Å²) in [4.78, 5) is 10.5. The highest BCUT2D eigenvalue weighted by Gasteiger charge is 2.01. The Morgan fingerprint density at radius 1 is 1.43 bits per heavy atom. The van der Waals surface area contributed by atoms with E-state index in [1.165, 1.54) is 12.1 Å². The van der Waals surface area contributed by atoms with E-state index in [-0.39, 0.29) is 5.56 Å². The van der Waals surface area contributed by atoms with Gasteiger partial charge in [-0.15, -0.1) is 0 Å². The maximum Gasteiger partial charge on any atom is 0.335 e. The third-order valence-corrected chi connectivity index (χ3v) is 1.62. The van der Waals surface area contributed by atoms with Crippen molar-refractivity contribution in [2.75, 3.05) is 13.2 Å². The van der Waals surface area contributed by atoms with Crippen LogP contribution < -0.4 is 16.0 Å². The van der Waals surface area contributed by atoms with Gasteiger partial charge < -0.3 is 9.84 Å². The number of rotatable bonds is 5. The molecule has 0 radical (unpaired) electrons. The molecule has 14 heavy (non-hydrogen) atoms. The number of ether oxygens (including phenoxy) is 1. The molecular formula is C9H12N2O3. The molecule has 0 saturated heterocycles. The van der Waals surface area contributed by atoms with Crippen LogP contribution in [0.15, 0.2) is 24.3 Å². The summed E-state index contributed by atoms with van der Waals surface area (Å²) in [6, 6.07) is 6.21. The molecule has 0 bridgehead atoms. The molecule has 0 atom stereocenters. The summed E-state index contributed by atoms with van der Waals surface area (Å²) in [6.45, 7) is 0.990. The van der Waals surface area contributed by atoms with Gasteiger partial charge in [-0.2, -0.15) is 0 Å². The minimum absolute atomic E-state index is 0.245. The molecule has 0 saturated carbocycles. The van der Waals surface area contributed by atoms with Crippen molar-refractivity contribution in [3.63, 3.8) is 0 Å². The zero-order valence-corrected chi connectivity index (χ0v) is 7.56. The fourth-order valence-corrected chi connectivity index (χ4v) is 0.922. The summed E-state index contributed by atoms with van der Waals surface area (Å²) in [7, 11) is 0. The second-order valence-electron chi connectivity index (χ2n) is 2.63. The molecule has 1 rings (SSSR count). The van der Waals surface area contributed by atoms with Crippen LogP contribution in [-0.2, 0) is 0 Å². The largest absolute Gasteiger partial charge is 0.492 e. The first-order chi connectivity index (χ1) is 6.74. The number of carboxylic acids is 1. The lowest BCUT2D eigenvalue weighted by molar-refractivity contribution is 0.0697. The van der Waals surface area contributed by atoms with Crippen molar-refractivity contribution in [3.8, 4) is 5.75 Å². The summed E-state index contributed by atoms with van der Waals surface area (Å²) in [5.41, 5.74) is 2.69. The van der Waals surface area contributed by atoms with Gasteiger partial charge in [0.1, 0.15) is 12.4 Å². The number of carbonyl (C=O) groups is 1. The van der Waals surface area contributed by atoms with E-state index >= 15 is 0 Å². The van der Waals surface area contributed by atoms with Crippen LogP contribution in [0.3, 0.4) is 0 Å². The predicted octanol–water partition coefficient (Wildman–Crippen LogP) is 0.227. The monoisotopic (exact) mass is 196 g/mol. The van der Waals surface area contributed by atoms with E-state index in [0.29, 0.717) is 18.9 Å². The van der Waals surface area contributed by atoms with E-state index in [0.717, 1.165) is 0 Å². The lowest BCUT2D eigenvalue weighted by Gasteiger charge is -2.05. The predicted molar refractivity (Wildman–Crippen MR) is 51.1 cm³/mol. The zero-order valence-electron chi connectivity index (χ0n) is 7.56. The van der Waals surface area contributed by atoms with Crippen LogP contribution in [0.4, 0.5) is 0 Å². The first-order valence-corrected chi connectivity index (χ1v) is 4.13. The average molecular weight is 196 g/mol. The van der Waals surface area contributed by atoms with E-state index in [2.05, 4.69) is 5.43 Å². The summed E-state index contributed by atoms with van der Waals surface area (Å²) in [5, 5.41) is 8.62. The lowest BCUT2D eigenvalue weighted by atomic mass is 10.2. The number of benzene rings is 1. The van der Waals surface area contributed by atoms with Gasteiger partial charge in [0.25, 0.3) is 0 Å². The summed E-state index contributed by atoms with van der Waals surface area (Å²) < 4.78 is 5.25. The molecule has 0 fully saturated rings. The molecule has 0 aliphatic carbocycles. The van der Waals surface area contributed by atoms with Gasteiger partial charge in [0, 0.05) is 6.54 Å². The van der Waals surface area contributed by atoms with E-state index in [1.807, 2.05) is 0 Å². The number of aromatic carboxylic acids is 1. The molecular weight excluding hydrogens is 184 g/mol. The van der Waals surface area contributed by atoms with Crippen LogP contribution >= 0.6 is 0 Å². The first kappa shape index (κ1) is 10.5. The van der Waals surface area contributed by atoms with Crippen LogP contribution in [0.25, 0.3) is 0 Å². The fourth-order valence-electron chi connectivity index (χ4n) is 0.922. The van der Waals surface area contributed by atoms with Gasteiger partial charge in [-0.3, -0.25) is 11.3 Å². The molecule has 0 aliphatic rings. The van der Waals surface area contributed by atoms with Crippen LogP contribution in [0, 0.1) is 0 Å². The number of hydrogen-bond acceptors (Lipinski definition) is 4. The van der Waals surface area contributed by atoms with Crippen molar-refractivity contribution in [3.05, 3.63) is 29.8 Å². The van der Waals surface area contributed by atoms with Crippen molar-refractivity contribution < 1.29 is 14.6 Å². The van der Waals surface area contributed by atoms with E-state index < -0.39 is 5.97 Å². The van der Waals surface area contributed by atoms with E-state index in [4.69, 9.17) is 15.7 Å². The molecule has 0 aliphatic heterocycles. The Labute approximate surface area is 81.5 Å². The van der Waals surface area contributed by atoms with Gasteiger partial charge in [-0.25, -0.2) is 4.79 Å². The number of carboxylic acid groups (broad SMARTS) is 1. The zero-order chi connectivity index (χ0) is 10.4. The van der Waals surface area contributed by atoms with Gasteiger partial charge in [-0.1, -0.05) is 0 Å². The summed E-state index contributed by atoms with van der Waals surface area (Å²) in [6.07, 6.45) is 0. The van der Waals surface area contributed by atoms with Gasteiger partial charge in [0.2, 0.25) is 0 Å². The van der Waals surface area contributed by atoms with Crippen molar-refractivity contribution >= 4 is 5.97 Å². The molecule has 76 valence electrons. The Morgan fingerprint density at radius 3 is 2.57 bits per heavy atom. The molecule has 0 heterocycles. The Kier molecular flexibility index (Phi) is 3.90. The molecule has 5 heteroatoms. The third kappa shape index (κ3) is 3.04. The van der Waals surface area contributed by atoms with Crippen LogP contribution in [0.2, 0.25) is 0 Å². The Bertz CT molecular complexity index is 297. The number of nitrogens with two attached hydrogens (primary N) is 1. The highest BCUT2D eigenvalue weighted by atomic mass is 16.5. The quantitative estimate of drug-likeness (QED) is 0.356. The lowest BCUT2D eigenvalue weighted by Crippen LogP contribution is -2.27. The highest BCUT2D eigenvalue weighted by Crippen LogP contribution is 2.11. The standard InChI is InChI=1S/C9H12N2O3/c10-11-5-6-14-8-3-1-7(2-4-8)9(12)13/h1-4,11H,5-6,10H2,(H,12,13). The summed E-state index contributed by atoms with van der Waals surface area (Å²) >= 11 is 0. The average Bonchev–Trinajstić information content (AvgIpc) is 2.19. The minimum Gasteiger partial charge on any atom is -0.492 e. The molecule has 0 aromatic heterocycles. The van der Waals surface area contributed by atoms with E-state index in [9.17, 15) is 4.79 Å². The van der Waals surface area contributed by atoms with Gasteiger partial charge in [-0.05, 0) is 24.3 Å². The molecule has 0 spiro atoms. The number of hydrazine groups is 1. The second-order valence-corrected chi connectivity index (χ2v) is 2.63. The first-order valence-electron chi connectivity index (χ1n) is 4.13. The van der Waals surface area contributed by atoms with Gasteiger partial charge in [0.15, 0.2) is 0 Å². The molecule has 1 aromatic carbocycles. The Morgan fingerprint density at radius 2 is 2.07 bits per heavy atom. The topological polar surface area (TPSA) is 84.6 Å². The number of nitrogens with one attached hydrogen (secondary N) is 1. The number of hydrogen-bond donors (Lipinski definition) is 3. The fraction of sp³-hybridized carbons (Fsp3) is 0.222. The van der Waals surface area contributed by atoms with Crippen molar-refractivity contribution in [2.45, 2.75) is 0 Å². The van der Waals surface area contributed by atoms with Crippen LogP contribution in [0.1, 0.15) is 10.4 Å². The van der Waals surface area contributed by atoms with Gasteiger partial charge in [0.05, 0.1) is 5.56 Å². The SMILES string of the molecule is NNCCOc1ccc(C(=O)O)cc1. The Balaban J connectivity index is 2.51. The van der Waals surface area contributed by atoms with Crippen LogP contribution in [-0.4, -0.2) is 24.2 Å². The maximum atomic E-state index is 10.5. The third-order valence-electron chi connectivity index (χ3n) is 1.62. The van der Waals surface area contributed by atoms with Gasteiger partial charge >= 0.3 is 5.97 Å². The molecule has 0 amide bonds. The maximum absolute atomic E-state index is 10.5. The van der Waals surface area contributed by atoms with E-state index in [1.54, 1.807) is 12.1 Å². The highest BCUT2D eigenvalue weighted by molar-refractivity contribution is 5.87. The summed E-state index contributed by atoms with van der Waals surface area (Å²) in [5.74, 6) is 4.73. The molecule has 5 nitrogen and oxygen atoms in total. The van der Waals surface area contributed by atoms with Crippen molar-refractivity contribution in [1.82, 2.24) is 5.43 Å². The van der Waals surface area contributed by atoms with Crippen LogP contribution in [0.5, 0.6) is 5.75 Å². The Hall–Kier alpha value is -1.59. The second kappa shape index (κ2) is 5.21. The van der Waals surface area contributed by atoms with Crippen molar-refractivity contribution in [2.24, 2.45) is 5.84 Å². The molecule has 4 N–H and O–H groups in total. The smallest absolute Gasteiger partial charge is 0.335 e. The minimum atomic E-state index is -0.944. The van der Waals surface area contributed by atoms with Crippen molar-refractivity contribution in [1.29, 1.82) is 0 Å².